The van der Waals surface area contributed by atoms with Gasteiger partial charge in [-0.25, -0.2) is 0 Å². The Bertz CT molecular complexity index is 636. The second-order valence-electron chi connectivity index (χ2n) is 7.80. The summed E-state index contributed by atoms with van der Waals surface area (Å²) >= 11 is 0. The molecule has 0 spiro atoms. The third-order valence-corrected chi connectivity index (χ3v) is 6.17. The molecule has 2 aromatic rings. The first-order valence-electron chi connectivity index (χ1n) is 10.1. The SMILES string of the molecule is c1ccc(CC[NH+]2CCN(c3ccc(C4CCCC4)cc3)CC2)cc1. The summed E-state index contributed by atoms with van der Waals surface area (Å²) in [5.41, 5.74) is 4.46. The van der Waals surface area contributed by atoms with Crippen molar-refractivity contribution in [3.63, 3.8) is 0 Å². The Morgan fingerprint density at radius 1 is 0.840 bits per heavy atom. The Hall–Kier alpha value is -1.80. The van der Waals surface area contributed by atoms with Crippen LogP contribution in [0.2, 0.25) is 0 Å². The Kier molecular flexibility index (Phi) is 5.37. The summed E-state index contributed by atoms with van der Waals surface area (Å²) in [5, 5.41) is 0. The maximum atomic E-state index is 2.57. The lowest BCUT2D eigenvalue weighted by molar-refractivity contribution is -0.900. The molecule has 2 aliphatic rings. The number of hydrogen-bond acceptors (Lipinski definition) is 1. The molecule has 2 nitrogen and oxygen atoms in total. The number of hydrogen-bond donors (Lipinski definition) is 1. The van der Waals surface area contributed by atoms with E-state index >= 15 is 0 Å². The molecule has 0 bridgehead atoms. The lowest BCUT2D eigenvalue weighted by Crippen LogP contribution is -3.15. The van der Waals surface area contributed by atoms with E-state index in [9.17, 15) is 0 Å². The van der Waals surface area contributed by atoms with E-state index < -0.39 is 0 Å². The first-order valence-corrected chi connectivity index (χ1v) is 10.1. The molecular weight excluding hydrogens is 304 g/mol. The summed E-state index contributed by atoms with van der Waals surface area (Å²) in [6, 6.07) is 20.4. The van der Waals surface area contributed by atoms with Crippen LogP contribution in [0.25, 0.3) is 0 Å². The highest BCUT2D eigenvalue weighted by Gasteiger charge is 2.21. The third-order valence-electron chi connectivity index (χ3n) is 6.17. The Balaban J connectivity index is 1.26. The van der Waals surface area contributed by atoms with E-state index in [-0.39, 0.29) is 0 Å². The van der Waals surface area contributed by atoms with Gasteiger partial charge in [0.15, 0.2) is 0 Å². The highest BCUT2D eigenvalue weighted by molar-refractivity contribution is 5.48. The molecule has 2 aromatic carbocycles. The monoisotopic (exact) mass is 335 g/mol. The molecule has 0 amide bonds. The molecule has 132 valence electrons. The van der Waals surface area contributed by atoms with Gasteiger partial charge in [0.2, 0.25) is 0 Å². The zero-order valence-corrected chi connectivity index (χ0v) is 15.3. The average molecular weight is 336 g/mol. The normalized spacial score (nSPS) is 19.4. The minimum Gasteiger partial charge on any atom is -0.360 e. The lowest BCUT2D eigenvalue weighted by atomic mass is 9.97. The van der Waals surface area contributed by atoms with E-state index in [1.54, 1.807) is 10.5 Å². The van der Waals surface area contributed by atoms with Gasteiger partial charge >= 0.3 is 0 Å². The van der Waals surface area contributed by atoms with Gasteiger partial charge in [0, 0.05) is 12.1 Å². The maximum Gasteiger partial charge on any atom is 0.0949 e. The number of quaternary nitrogens is 1. The van der Waals surface area contributed by atoms with Gasteiger partial charge in [-0.15, -0.1) is 0 Å². The van der Waals surface area contributed by atoms with E-state index in [1.807, 2.05) is 0 Å². The van der Waals surface area contributed by atoms with Crippen molar-refractivity contribution in [2.24, 2.45) is 0 Å². The quantitative estimate of drug-likeness (QED) is 0.881. The van der Waals surface area contributed by atoms with Gasteiger partial charge < -0.3 is 9.80 Å². The Labute approximate surface area is 152 Å². The smallest absolute Gasteiger partial charge is 0.0949 e. The van der Waals surface area contributed by atoms with Crippen LogP contribution in [0.15, 0.2) is 54.6 Å². The van der Waals surface area contributed by atoms with Gasteiger partial charge in [0.25, 0.3) is 0 Å². The van der Waals surface area contributed by atoms with E-state index in [0.717, 1.165) is 5.92 Å². The highest BCUT2D eigenvalue weighted by atomic mass is 15.3. The zero-order valence-electron chi connectivity index (χ0n) is 15.3. The zero-order chi connectivity index (χ0) is 16.9. The predicted octanol–water partition coefficient (Wildman–Crippen LogP) is 3.29. The largest absolute Gasteiger partial charge is 0.360 e. The van der Waals surface area contributed by atoms with Crippen LogP contribution in [0.3, 0.4) is 0 Å². The molecular formula is C23H31N2+. The summed E-state index contributed by atoms with van der Waals surface area (Å²) in [4.78, 5) is 4.33. The summed E-state index contributed by atoms with van der Waals surface area (Å²) < 4.78 is 0. The van der Waals surface area contributed by atoms with Gasteiger partial charge in [-0.05, 0) is 42.0 Å². The second-order valence-corrected chi connectivity index (χ2v) is 7.80. The second kappa shape index (κ2) is 8.05. The van der Waals surface area contributed by atoms with Crippen molar-refractivity contribution in [2.75, 3.05) is 37.6 Å². The number of piperazine rings is 1. The van der Waals surface area contributed by atoms with Gasteiger partial charge in [-0.1, -0.05) is 55.3 Å². The van der Waals surface area contributed by atoms with Gasteiger partial charge in [-0.2, -0.15) is 0 Å². The average Bonchev–Trinajstić information content (AvgIpc) is 3.23. The fourth-order valence-electron chi connectivity index (χ4n) is 4.51. The molecule has 1 heterocycles. The molecule has 2 fully saturated rings. The third kappa shape index (κ3) is 4.24. The Morgan fingerprint density at radius 2 is 1.52 bits per heavy atom. The standard InChI is InChI=1S/C23H30N2/c1-2-6-20(7-3-1)14-15-24-16-18-25(19-17-24)23-12-10-22(11-13-23)21-8-4-5-9-21/h1-3,6-7,10-13,21H,4-5,8-9,14-19H2/p+1. The highest BCUT2D eigenvalue weighted by Crippen LogP contribution is 2.34. The summed E-state index contributed by atoms with van der Waals surface area (Å²) in [5.74, 6) is 0.827. The molecule has 1 saturated heterocycles. The van der Waals surface area contributed by atoms with Gasteiger partial charge in [0.05, 0.1) is 32.7 Å². The van der Waals surface area contributed by atoms with E-state index in [1.165, 1.54) is 76.1 Å². The van der Waals surface area contributed by atoms with Crippen LogP contribution in [-0.4, -0.2) is 32.7 Å². The molecule has 0 aromatic heterocycles. The van der Waals surface area contributed by atoms with Crippen molar-refractivity contribution < 1.29 is 4.90 Å². The molecule has 1 aliphatic heterocycles. The lowest BCUT2D eigenvalue weighted by Gasteiger charge is -2.34. The van der Waals surface area contributed by atoms with Crippen LogP contribution in [0, 0.1) is 0 Å². The van der Waals surface area contributed by atoms with Crippen LogP contribution in [0.1, 0.15) is 42.7 Å². The van der Waals surface area contributed by atoms with Crippen LogP contribution in [0.4, 0.5) is 5.69 Å². The minimum atomic E-state index is 0.827. The first kappa shape index (κ1) is 16.7. The van der Waals surface area contributed by atoms with Crippen LogP contribution < -0.4 is 9.80 Å². The van der Waals surface area contributed by atoms with Crippen molar-refractivity contribution in [1.82, 2.24) is 0 Å². The Morgan fingerprint density at radius 3 is 2.20 bits per heavy atom. The number of rotatable bonds is 5. The van der Waals surface area contributed by atoms with Crippen molar-refractivity contribution in [3.8, 4) is 0 Å². The van der Waals surface area contributed by atoms with Gasteiger partial charge in [0.1, 0.15) is 0 Å². The maximum absolute atomic E-state index is 2.57. The summed E-state index contributed by atoms with van der Waals surface area (Å²) in [7, 11) is 0. The molecule has 1 aliphatic carbocycles. The number of nitrogens with zero attached hydrogens (tertiary/aromatic N) is 1. The van der Waals surface area contributed by atoms with E-state index in [0.29, 0.717) is 0 Å². The predicted molar refractivity (Wildman–Crippen MR) is 106 cm³/mol. The van der Waals surface area contributed by atoms with Crippen molar-refractivity contribution in [2.45, 2.75) is 38.0 Å². The molecule has 0 unspecified atom stereocenters. The summed E-state index contributed by atoms with van der Waals surface area (Å²) in [6.45, 7) is 6.16. The molecule has 1 N–H and O–H groups in total. The fourth-order valence-corrected chi connectivity index (χ4v) is 4.51. The molecule has 4 rings (SSSR count). The molecule has 1 saturated carbocycles. The van der Waals surface area contributed by atoms with E-state index in [4.69, 9.17) is 0 Å². The molecule has 0 atom stereocenters. The number of nitrogens with one attached hydrogen (secondary N) is 1. The topological polar surface area (TPSA) is 7.68 Å². The van der Waals surface area contributed by atoms with Crippen molar-refractivity contribution in [3.05, 3.63) is 65.7 Å². The fraction of sp³-hybridized carbons (Fsp3) is 0.478. The van der Waals surface area contributed by atoms with Crippen LogP contribution in [-0.2, 0) is 6.42 Å². The van der Waals surface area contributed by atoms with Crippen molar-refractivity contribution >= 4 is 5.69 Å². The molecule has 25 heavy (non-hydrogen) atoms. The summed E-state index contributed by atoms with van der Waals surface area (Å²) in [6.07, 6.45) is 6.82. The minimum absolute atomic E-state index is 0.827. The van der Waals surface area contributed by atoms with Gasteiger partial charge in [-0.3, -0.25) is 0 Å². The first-order chi connectivity index (χ1) is 12.4. The van der Waals surface area contributed by atoms with Crippen LogP contribution in [0.5, 0.6) is 0 Å². The molecule has 2 heteroatoms. The van der Waals surface area contributed by atoms with E-state index in [2.05, 4.69) is 59.5 Å². The van der Waals surface area contributed by atoms with Crippen LogP contribution >= 0.6 is 0 Å². The number of benzene rings is 2. The number of anilines is 1. The molecule has 0 radical (unpaired) electrons. The van der Waals surface area contributed by atoms with Crippen molar-refractivity contribution in [1.29, 1.82) is 0 Å².